The van der Waals surface area contributed by atoms with E-state index in [2.05, 4.69) is 25.6 Å². The van der Waals surface area contributed by atoms with Crippen LogP contribution in [-0.4, -0.2) is 62.7 Å². The molecule has 0 unspecified atom stereocenters. The Bertz CT molecular complexity index is 1560. The molecule has 0 bridgehead atoms. The summed E-state index contributed by atoms with van der Waals surface area (Å²) >= 11 is 0. The van der Waals surface area contributed by atoms with Crippen LogP contribution in [0.4, 0.5) is 22.0 Å². The van der Waals surface area contributed by atoms with Crippen molar-refractivity contribution in [3.05, 3.63) is 101 Å². The maximum Gasteiger partial charge on any atom is 0.317 e. The monoisotopic (exact) mass is 550 g/mol. The smallest absolute Gasteiger partial charge is 0.317 e. The highest BCUT2D eigenvalue weighted by Gasteiger charge is 2.27. The lowest BCUT2D eigenvalue weighted by molar-refractivity contribution is 0.0985. The number of rotatable bonds is 5. The summed E-state index contributed by atoms with van der Waals surface area (Å²) < 4.78 is 1.79. The predicted octanol–water partition coefficient (Wildman–Crippen LogP) is 4.05. The van der Waals surface area contributed by atoms with Gasteiger partial charge >= 0.3 is 6.03 Å². The van der Waals surface area contributed by atoms with Crippen LogP contribution >= 0.6 is 0 Å². The van der Waals surface area contributed by atoms with Crippen LogP contribution < -0.4 is 15.5 Å². The summed E-state index contributed by atoms with van der Waals surface area (Å²) in [6, 6.07) is 19.4. The van der Waals surface area contributed by atoms with Gasteiger partial charge in [0.25, 0.3) is 5.91 Å². The third kappa shape index (κ3) is 5.64. The molecule has 0 radical (unpaired) electrons. The standard InChI is InChI=1S/C31H34N8O2/c1-22-17-23(30(40)39-20-25-19-34-36(2)29(25)35-27-8-3-4-9-28(27)39)10-11-24(22)18-33-31(41)38-15-13-37(14-16-38)21-26-7-5-6-12-32-26/h3-12,17,19,35H,13-16,18,20-21H2,1-2H3,(H,33,41). The second-order valence-electron chi connectivity index (χ2n) is 10.6. The molecular formula is C31H34N8O2. The number of piperazine rings is 1. The number of carbonyl (C=O) groups excluding carboxylic acids is 2. The van der Waals surface area contributed by atoms with Crippen LogP contribution in [0.1, 0.15) is 32.7 Å². The summed E-state index contributed by atoms with van der Waals surface area (Å²) in [5, 5.41) is 10.9. The Kier molecular flexibility index (Phi) is 7.39. The summed E-state index contributed by atoms with van der Waals surface area (Å²) in [7, 11) is 1.89. The van der Waals surface area contributed by atoms with Crippen LogP contribution in [0.15, 0.2) is 73.1 Å². The number of urea groups is 1. The zero-order valence-electron chi connectivity index (χ0n) is 23.4. The number of nitrogens with one attached hydrogen (secondary N) is 2. The van der Waals surface area contributed by atoms with E-state index in [1.54, 1.807) is 15.8 Å². The van der Waals surface area contributed by atoms with Crippen molar-refractivity contribution in [1.82, 2.24) is 29.9 Å². The molecule has 2 aromatic carbocycles. The molecule has 2 N–H and O–H groups in total. The van der Waals surface area contributed by atoms with Crippen molar-refractivity contribution in [2.24, 2.45) is 7.05 Å². The van der Waals surface area contributed by atoms with Crippen molar-refractivity contribution in [3.8, 4) is 0 Å². The third-order valence-corrected chi connectivity index (χ3v) is 7.83. The van der Waals surface area contributed by atoms with Gasteiger partial charge < -0.3 is 20.4 Å². The fourth-order valence-corrected chi connectivity index (χ4v) is 5.43. The Morgan fingerprint density at radius 3 is 2.59 bits per heavy atom. The number of nitrogens with zero attached hydrogens (tertiary/aromatic N) is 6. The van der Waals surface area contributed by atoms with Gasteiger partial charge in [-0.15, -0.1) is 0 Å². The van der Waals surface area contributed by atoms with Gasteiger partial charge in [0.2, 0.25) is 0 Å². The molecule has 4 aromatic rings. The van der Waals surface area contributed by atoms with Gasteiger partial charge in [-0.3, -0.25) is 19.4 Å². The summed E-state index contributed by atoms with van der Waals surface area (Å²) in [4.78, 5) is 37.1. The molecule has 210 valence electrons. The molecule has 4 heterocycles. The highest BCUT2D eigenvalue weighted by molar-refractivity contribution is 6.08. The highest BCUT2D eigenvalue weighted by atomic mass is 16.2. The first kappa shape index (κ1) is 26.5. The molecule has 2 aromatic heterocycles. The van der Waals surface area contributed by atoms with Crippen molar-refractivity contribution >= 4 is 29.1 Å². The lowest BCUT2D eigenvalue weighted by Crippen LogP contribution is -2.51. The van der Waals surface area contributed by atoms with Crippen LogP contribution in [0.25, 0.3) is 0 Å². The number of amides is 3. The van der Waals surface area contributed by atoms with E-state index in [0.29, 0.717) is 31.7 Å². The lowest BCUT2D eigenvalue weighted by Gasteiger charge is -2.34. The van der Waals surface area contributed by atoms with E-state index >= 15 is 0 Å². The highest BCUT2D eigenvalue weighted by Crippen LogP contribution is 2.36. The van der Waals surface area contributed by atoms with E-state index in [4.69, 9.17) is 0 Å². The Labute approximate surface area is 239 Å². The largest absolute Gasteiger partial charge is 0.338 e. The second kappa shape index (κ2) is 11.4. The maximum atomic E-state index is 13.8. The van der Waals surface area contributed by atoms with Crippen molar-refractivity contribution in [2.45, 2.75) is 26.6 Å². The SMILES string of the molecule is Cc1cc(C(=O)N2Cc3cnn(C)c3Nc3ccccc32)ccc1CNC(=O)N1CCN(Cc2ccccn2)CC1. The zero-order chi connectivity index (χ0) is 28.3. The molecule has 2 aliphatic heterocycles. The molecule has 1 saturated heterocycles. The van der Waals surface area contributed by atoms with Crippen molar-refractivity contribution < 1.29 is 9.59 Å². The number of anilines is 3. The van der Waals surface area contributed by atoms with Crippen LogP contribution in [0.2, 0.25) is 0 Å². The van der Waals surface area contributed by atoms with Gasteiger partial charge in [0.05, 0.1) is 29.8 Å². The minimum absolute atomic E-state index is 0.0667. The van der Waals surface area contributed by atoms with Gasteiger partial charge in [0.1, 0.15) is 5.82 Å². The fraction of sp³-hybridized carbons (Fsp3) is 0.290. The molecule has 0 atom stereocenters. The number of aromatic nitrogens is 3. The third-order valence-electron chi connectivity index (χ3n) is 7.83. The number of pyridine rings is 1. The number of fused-ring (bicyclic) bond motifs is 2. The van der Waals surface area contributed by atoms with Crippen molar-refractivity contribution in [3.63, 3.8) is 0 Å². The average molecular weight is 551 g/mol. The number of hydrogen-bond acceptors (Lipinski definition) is 6. The Morgan fingerprint density at radius 1 is 1.00 bits per heavy atom. The van der Waals surface area contributed by atoms with Gasteiger partial charge in [-0.1, -0.05) is 24.3 Å². The quantitative estimate of drug-likeness (QED) is 0.389. The van der Waals surface area contributed by atoms with Crippen molar-refractivity contribution in [1.29, 1.82) is 0 Å². The van der Waals surface area contributed by atoms with E-state index < -0.39 is 0 Å². The predicted molar refractivity (Wildman–Crippen MR) is 158 cm³/mol. The first-order valence-corrected chi connectivity index (χ1v) is 13.9. The molecular weight excluding hydrogens is 516 g/mol. The normalized spacial score (nSPS) is 15.0. The maximum absolute atomic E-state index is 13.8. The van der Waals surface area contributed by atoms with Crippen LogP contribution in [-0.2, 0) is 26.7 Å². The first-order chi connectivity index (χ1) is 20.0. The van der Waals surface area contributed by atoms with E-state index in [1.807, 2.05) is 85.7 Å². The van der Waals surface area contributed by atoms with Crippen LogP contribution in [0.3, 0.4) is 0 Å². The average Bonchev–Trinajstić information content (AvgIpc) is 3.24. The van der Waals surface area contributed by atoms with Gasteiger partial charge in [0.15, 0.2) is 0 Å². The number of benzene rings is 2. The first-order valence-electron chi connectivity index (χ1n) is 13.9. The fourth-order valence-electron chi connectivity index (χ4n) is 5.43. The summed E-state index contributed by atoms with van der Waals surface area (Å²) in [6.07, 6.45) is 3.61. The van der Waals surface area contributed by atoms with Gasteiger partial charge in [0, 0.05) is 63.6 Å². The van der Waals surface area contributed by atoms with E-state index in [9.17, 15) is 9.59 Å². The van der Waals surface area contributed by atoms with E-state index in [0.717, 1.165) is 59.2 Å². The summed E-state index contributed by atoms with van der Waals surface area (Å²) in [6.45, 7) is 6.58. The number of hydrogen-bond donors (Lipinski definition) is 2. The Balaban J connectivity index is 1.08. The second-order valence-corrected chi connectivity index (χ2v) is 10.6. The summed E-state index contributed by atoms with van der Waals surface area (Å²) in [5.74, 6) is 0.794. The topological polar surface area (TPSA) is 98.6 Å². The van der Waals surface area contributed by atoms with Gasteiger partial charge in [-0.2, -0.15) is 5.10 Å². The molecule has 10 nitrogen and oxygen atoms in total. The molecule has 0 saturated carbocycles. The number of carbonyl (C=O) groups is 2. The minimum Gasteiger partial charge on any atom is -0.338 e. The Hall–Kier alpha value is -4.70. The van der Waals surface area contributed by atoms with Gasteiger partial charge in [-0.25, -0.2) is 4.79 Å². The summed E-state index contributed by atoms with van der Waals surface area (Å²) in [5.41, 5.74) is 6.21. The molecule has 2 aliphatic rings. The number of aryl methyl sites for hydroxylation is 2. The van der Waals surface area contributed by atoms with E-state index in [1.165, 1.54) is 0 Å². The molecule has 3 amide bonds. The van der Waals surface area contributed by atoms with Gasteiger partial charge in [-0.05, 0) is 54.4 Å². The molecule has 1 fully saturated rings. The Morgan fingerprint density at radius 2 is 1.80 bits per heavy atom. The number of para-hydroxylation sites is 2. The molecule has 41 heavy (non-hydrogen) atoms. The molecule has 0 aliphatic carbocycles. The van der Waals surface area contributed by atoms with Crippen LogP contribution in [0.5, 0.6) is 0 Å². The minimum atomic E-state index is -0.0850. The van der Waals surface area contributed by atoms with Crippen LogP contribution in [0, 0.1) is 6.92 Å². The molecule has 0 spiro atoms. The molecule has 10 heteroatoms. The van der Waals surface area contributed by atoms with Crippen molar-refractivity contribution in [2.75, 3.05) is 36.4 Å². The lowest BCUT2D eigenvalue weighted by atomic mass is 10.0. The zero-order valence-corrected chi connectivity index (χ0v) is 23.4. The van der Waals surface area contributed by atoms with E-state index in [-0.39, 0.29) is 11.9 Å². The molecule has 6 rings (SSSR count).